The molecule has 23 heavy (non-hydrogen) atoms. The van der Waals surface area contributed by atoms with Gasteiger partial charge in [0.2, 0.25) is 0 Å². The average molecular weight is 314 g/mol. The minimum absolute atomic E-state index is 0.378. The van der Waals surface area contributed by atoms with Gasteiger partial charge >= 0.3 is 0 Å². The summed E-state index contributed by atoms with van der Waals surface area (Å²) in [4.78, 5) is 11.8. The van der Waals surface area contributed by atoms with Crippen LogP contribution >= 0.6 is 0 Å². The van der Waals surface area contributed by atoms with Crippen LogP contribution in [-0.2, 0) is 26.4 Å². The Hall–Kier alpha value is -1.95. The van der Waals surface area contributed by atoms with Gasteiger partial charge < -0.3 is 5.32 Å². The predicted molar refractivity (Wildman–Crippen MR) is 91.4 cm³/mol. The van der Waals surface area contributed by atoms with Crippen LogP contribution in [0, 0.1) is 6.92 Å². The van der Waals surface area contributed by atoms with E-state index in [-0.39, 0.29) is 0 Å². The number of nitrogens with one attached hydrogen (secondary N) is 1. The number of aryl methyl sites for hydroxylation is 2. The lowest BCUT2D eigenvalue weighted by Gasteiger charge is -2.18. The molecule has 0 aliphatic carbocycles. The monoisotopic (exact) mass is 314 g/mol. The summed E-state index contributed by atoms with van der Waals surface area (Å²) >= 11 is 0. The molecule has 0 bridgehead atoms. The Labute approximate surface area is 137 Å². The van der Waals surface area contributed by atoms with Gasteiger partial charge in [0.15, 0.2) is 0 Å². The van der Waals surface area contributed by atoms with Gasteiger partial charge in [0, 0.05) is 56.5 Å². The van der Waals surface area contributed by atoms with Gasteiger partial charge in [0.25, 0.3) is 0 Å². The van der Waals surface area contributed by atoms with Crippen LogP contribution in [0.3, 0.4) is 0 Å². The first-order valence-corrected chi connectivity index (χ1v) is 8.34. The topological polar surface area (TPSA) is 58.9 Å². The van der Waals surface area contributed by atoms with Crippen molar-refractivity contribution in [1.29, 1.82) is 0 Å². The molecule has 0 unspecified atom stereocenters. The van der Waals surface area contributed by atoms with Crippen molar-refractivity contribution in [2.75, 3.05) is 18.4 Å². The van der Waals surface area contributed by atoms with Gasteiger partial charge in [-0.1, -0.05) is 0 Å². The minimum atomic E-state index is 0.378. The Balaban J connectivity index is 1.76. The molecule has 3 rings (SSSR count). The molecule has 0 spiro atoms. The number of fused-ring (bicyclic) bond motifs is 1. The summed E-state index contributed by atoms with van der Waals surface area (Å²) in [5, 5.41) is 7.75. The molecule has 1 aliphatic heterocycles. The zero-order valence-electron chi connectivity index (χ0n) is 14.5. The van der Waals surface area contributed by atoms with E-state index in [1.165, 1.54) is 16.8 Å². The van der Waals surface area contributed by atoms with Gasteiger partial charge in [-0.3, -0.25) is 9.58 Å². The second-order valence-electron chi connectivity index (χ2n) is 6.64. The lowest BCUT2D eigenvalue weighted by molar-refractivity contribution is 0.279. The maximum atomic E-state index is 4.69. The van der Waals surface area contributed by atoms with Crippen molar-refractivity contribution >= 4 is 5.82 Å². The van der Waals surface area contributed by atoms with Crippen LogP contribution in [0.25, 0.3) is 0 Å². The third-order valence-electron chi connectivity index (χ3n) is 4.14. The second kappa shape index (κ2) is 6.66. The summed E-state index contributed by atoms with van der Waals surface area (Å²) in [5.41, 5.74) is 3.76. The lowest BCUT2D eigenvalue weighted by atomic mass is 10.1. The average Bonchev–Trinajstić information content (AvgIpc) is 2.76. The molecule has 0 fully saturated rings. The highest BCUT2D eigenvalue weighted by molar-refractivity contribution is 5.48. The van der Waals surface area contributed by atoms with Crippen molar-refractivity contribution in [2.45, 2.75) is 46.2 Å². The summed E-state index contributed by atoms with van der Waals surface area (Å²) in [6, 6.07) is 0.378. The second-order valence-corrected chi connectivity index (χ2v) is 6.64. The van der Waals surface area contributed by atoms with E-state index in [1.54, 1.807) is 0 Å². The number of hydrogen-bond acceptors (Lipinski definition) is 5. The molecular formula is C17H26N6. The highest BCUT2D eigenvalue weighted by Crippen LogP contribution is 2.22. The Morgan fingerprint density at radius 3 is 2.70 bits per heavy atom. The Kier molecular flexibility index (Phi) is 4.61. The third kappa shape index (κ3) is 3.88. The molecular weight excluding hydrogens is 288 g/mol. The van der Waals surface area contributed by atoms with Crippen molar-refractivity contribution in [3.8, 4) is 0 Å². The van der Waals surface area contributed by atoms with Gasteiger partial charge in [0.05, 0.1) is 11.9 Å². The van der Waals surface area contributed by atoms with Crippen LogP contribution in [0.5, 0.6) is 0 Å². The van der Waals surface area contributed by atoms with E-state index in [9.17, 15) is 0 Å². The Morgan fingerprint density at radius 1 is 1.22 bits per heavy atom. The van der Waals surface area contributed by atoms with Crippen LogP contribution in [0.1, 0.15) is 36.5 Å². The van der Waals surface area contributed by atoms with Crippen LogP contribution in [-0.4, -0.2) is 43.8 Å². The predicted octanol–water partition coefficient (Wildman–Crippen LogP) is 1.94. The van der Waals surface area contributed by atoms with E-state index in [0.29, 0.717) is 6.04 Å². The van der Waals surface area contributed by atoms with Gasteiger partial charge in [-0.2, -0.15) is 5.10 Å². The lowest BCUT2D eigenvalue weighted by Crippen LogP contribution is -2.25. The molecule has 0 saturated heterocycles. The van der Waals surface area contributed by atoms with Crippen molar-refractivity contribution < 1.29 is 0 Å². The first-order chi connectivity index (χ1) is 11.0. The summed E-state index contributed by atoms with van der Waals surface area (Å²) in [7, 11) is 1.96. The standard InChI is InChI=1S/C17H26N6/c1-12(2)19-17-15-5-7-23(11-14-9-18-22(4)10-14)8-6-16(15)20-13(3)21-17/h9-10,12H,5-8,11H2,1-4H3,(H,19,20,21). The largest absolute Gasteiger partial charge is 0.368 e. The first kappa shape index (κ1) is 15.9. The van der Waals surface area contributed by atoms with E-state index in [0.717, 1.165) is 44.1 Å². The minimum Gasteiger partial charge on any atom is -0.368 e. The zero-order valence-corrected chi connectivity index (χ0v) is 14.5. The fraction of sp³-hybridized carbons (Fsp3) is 0.588. The molecule has 2 aromatic heterocycles. The van der Waals surface area contributed by atoms with Crippen LogP contribution in [0.4, 0.5) is 5.82 Å². The van der Waals surface area contributed by atoms with Gasteiger partial charge in [-0.25, -0.2) is 9.97 Å². The number of rotatable bonds is 4. The third-order valence-corrected chi connectivity index (χ3v) is 4.14. The van der Waals surface area contributed by atoms with Crippen molar-refractivity contribution in [3.63, 3.8) is 0 Å². The van der Waals surface area contributed by atoms with E-state index in [4.69, 9.17) is 4.98 Å². The number of aromatic nitrogens is 4. The van der Waals surface area contributed by atoms with Crippen LogP contribution in [0.2, 0.25) is 0 Å². The molecule has 6 heteroatoms. The fourth-order valence-electron chi connectivity index (χ4n) is 3.13. The summed E-state index contributed by atoms with van der Waals surface area (Å²) < 4.78 is 1.86. The van der Waals surface area contributed by atoms with Gasteiger partial charge in [-0.15, -0.1) is 0 Å². The van der Waals surface area contributed by atoms with E-state index in [1.807, 2.05) is 24.9 Å². The smallest absolute Gasteiger partial charge is 0.133 e. The fourth-order valence-corrected chi connectivity index (χ4v) is 3.13. The number of anilines is 1. The Bertz CT molecular complexity index is 676. The maximum Gasteiger partial charge on any atom is 0.133 e. The zero-order chi connectivity index (χ0) is 16.4. The molecule has 0 radical (unpaired) electrons. The highest BCUT2D eigenvalue weighted by Gasteiger charge is 2.20. The van der Waals surface area contributed by atoms with Crippen molar-refractivity contribution in [1.82, 2.24) is 24.6 Å². The molecule has 0 atom stereocenters. The molecule has 1 N–H and O–H groups in total. The normalized spacial score (nSPS) is 15.5. The molecule has 2 aromatic rings. The van der Waals surface area contributed by atoms with Crippen molar-refractivity contribution in [2.24, 2.45) is 7.05 Å². The molecule has 3 heterocycles. The molecule has 1 aliphatic rings. The van der Waals surface area contributed by atoms with Crippen LogP contribution < -0.4 is 5.32 Å². The summed E-state index contributed by atoms with van der Waals surface area (Å²) in [5.74, 6) is 1.87. The van der Waals surface area contributed by atoms with E-state index >= 15 is 0 Å². The molecule has 124 valence electrons. The number of hydrogen-bond donors (Lipinski definition) is 1. The highest BCUT2D eigenvalue weighted by atomic mass is 15.2. The molecule has 0 aromatic carbocycles. The molecule has 6 nitrogen and oxygen atoms in total. The SMILES string of the molecule is Cc1nc2c(c(NC(C)C)n1)CCN(Cc1cnn(C)c1)CC2. The molecule has 0 saturated carbocycles. The van der Waals surface area contributed by atoms with Gasteiger partial charge in [0.1, 0.15) is 11.6 Å². The van der Waals surface area contributed by atoms with Gasteiger partial charge in [-0.05, 0) is 27.2 Å². The quantitative estimate of drug-likeness (QED) is 0.934. The maximum absolute atomic E-state index is 4.69. The van der Waals surface area contributed by atoms with E-state index < -0.39 is 0 Å². The van der Waals surface area contributed by atoms with E-state index in [2.05, 4.69) is 40.3 Å². The summed E-state index contributed by atoms with van der Waals surface area (Å²) in [6.07, 6.45) is 6.01. The van der Waals surface area contributed by atoms with Crippen molar-refractivity contribution in [3.05, 3.63) is 35.0 Å². The number of nitrogens with zero attached hydrogens (tertiary/aromatic N) is 5. The molecule has 0 amide bonds. The van der Waals surface area contributed by atoms with Crippen LogP contribution in [0.15, 0.2) is 12.4 Å². The Morgan fingerprint density at radius 2 is 2.00 bits per heavy atom. The first-order valence-electron chi connectivity index (χ1n) is 8.34. The summed E-state index contributed by atoms with van der Waals surface area (Å²) in [6.45, 7) is 9.27.